The maximum absolute atomic E-state index is 11.8. The van der Waals surface area contributed by atoms with Crippen molar-refractivity contribution in [1.82, 2.24) is 9.97 Å². The van der Waals surface area contributed by atoms with Crippen molar-refractivity contribution >= 4 is 17.3 Å². The number of nitrogen functional groups attached to an aromatic ring is 1. The number of carbonyl (C=O) groups is 1. The molecule has 0 aliphatic carbocycles. The molecule has 17 heavy (non-hydrogen) atoms. The highest BCUT2D eigenvalue weighted by molar-refractivity contribution is 6.03. The van der Waals surface area contributed by atoms with E-state index in [9.17, 15) is 4.79 Å². The van der Waals surface area contributed by atoms with Crippen LogP contribution in [0.5, 0.6) is 0 Å². The minimum absolute atomic E-state index is 0.265. The van der Waals surface area contributed by atoms with Crippen LogP contribution in [0.25, 0.3) is 0 Å². The highest BCUT2D eigenvalue weighted by Crippen LogP contribution is 2.13. The number of aromatic nitrogens is 2. The van der Waals surface area contributed by atoms with Crippen molar-refractivity contribution in [1.29, 1.82) is 0 Å². The van der Waals surface area contributed by atoms with Crippen molar-refractivity contribution in [2.45, 2.75) is 6.92 Å². The van der Waals surface area contributed by atoms with E-state index < -0.39 is 0 Å². The van der Waals surface area contributed by atoms with Gasteiger partial charge in [-0.1, -0.05) is 0 Å². The molecule has 1 amide bonds. The fraction of sp³-hybridized carbons (Fsp3) is 0.0833. The van der Waals surface area contributed by atoms with Gasteiger partial charge >= 0.3 is 0 Å². The molecule has 0 spiro atoms. The average Bonchev–Trinajstić information content (AvgIpc) is 2.33. The number of nitrogens with one attached hydrogen (secondary N) is 1. The Balaban J connectivity index is 2.17. The Morgan fingerprint density at radius 2 is 2.12 bits per heavy atom. The van der Waals surface area contributed by atoms with Crippen LogP contribution in [-0.2, 0) is 0 Å². The number of anilines is 2. The van der Waals surface area contributed by atoms with E-state index in [-0.39, 0.29) is 5.91 Å². The maximum Gasteiger partial charge on any atom is 0.274 e. The van der Waals surface area contributed by atoms with Crippen LogP contribution >= 0.6 is 0 Å². The summed E-state index contributed by atoms with van der Waals surface area (Å²) in [7, 11) is 0. The molecule has 0 unspecified atom stereocenters. The molecular formula is C12H12N4O. The first-order chi connectivity index (χ1) is 8.16. The molecule has 0 bridgehead atoms. The smallest absolute Gasteiger partial charge is 0.274 e. The van der Waals surface area contributed by atoms with Gasteiger partial charge in [-0.25, -0.2) is 4.98 Å². The van der Waals surface area contributed by atoms with E-state index in [4.69, 9.17) is 5.73 Å². The summed E-state index contributed by atoms with van der Waals surface area (Å²) in [5.74, 6) is -0.265. The summed E-state index contributed by atoms with van der Waals surface area (Å²) in [5.41, 5.74) is 7.98. The largest absolute Gasteiger partial charge is 0.397 e. The van der Waals surface area contributed by atoms with Gasteiger partial charge in [0.15, 0.2) is 0 Å². The van der Waals surface area contributed by atoms with Crippen LogP contribution in [0.4, 0.5) is 11.4 Å². The SMILES string of the molecule is Cc1cnccc1NC(=O)c1ccc(N)cn1. The predicted molar refractivity (Wildman–Crippen MR) is 65.6 cm³/mol. The Morgan fingerprint density at radius 1 is 1.29 bits per heavy atom. The zero-order valence-corrected chi connectivity index (χ0v) is 9.34. The molecule has 0 aromatic carbocycles. The second kappa shape index (κ2) is 4.61. The highest BCUT2D eigenvalue weighted by atomic mass is 16.1. The number of aryl methyl sites for hydroxylation is 1. The third kappa shape index (κ3) is 2.57. The predicted octanol–water partition coefficient (Wildman–Crippen LogP) is 1.62. The molecule has 0 aliphatic rings. The zero-order valence-electron chi connectivity index (χ0n) is 9.34. The van der Waals surface area contributed by atoms with Gasteiger partial charge in [-0.15, -0.1) is 0 Å². The Bertz CT molecular complexity index is 536. The molecule has 2 aromatic rings. The van der Waals surface area contributed by atoms with E-state index >= 15 is 0 Å². The molecular weight excluding hydrogens is 216 g/mol. The first-order valence-electron chi connectivity index (χ1n) is 5.10. The van der Waals surface area contributed by atoms with E-state index in [1.165, 1.54) is 6.20 Å². The van der Waals surface area contributed by atoms with Crippen LogP contribution in [0.1, 0.15) is 16.1 Å². The first kappa shape index (κ1) is 11.1. The fourth-order valence-electron chi connectivity index (χ4n) is 1.34. The summed E-state index contributed by atoms with van der Waals surface area (Å²) in [6.45, 7) is 1.87. The Morgan fingerprint density at radius 3 is 2.76 bits per heavy atom. The number of hydrogen-bond donors (Lipinski definition) is 2. The fourth-order valence-corrected chi connectivity index (χ4v) is 1.34. The van der Waals surface area contributed by atoms with Crippen LogP contribution < -0.4 is 11.1 Å². The van der Waals surface area contributed by atoms with Gasteiger partial charge in [-0.3, -0.25) is 9.78 Å². The van der Waals surface area contributed by atoms with E-state index in [0.717, 1.165) is 11.3 Å². The molecule has 86 valence electrons. The minimum atomic E-state index is -0.265. The number of nitrogens with two attached hydrogens (primary N) is 1. The number of nitrogens with zero attached hydrogens (tertiary/aromatic N) is 2. The van der Waals surface area contributed by atoms with Crippen molar-refractivity contribution < 1.29 is 4.79 Å². The monoisotopic (exact) mass is 228 g/mol. The molecule has 5 heteroatoms. The van der Waals surface area contributed by atoms with Crippen molar-refractivity contribution in [3.8, 4) is 0 Å². The van der Waals surface area contributed by atoms with E-state index in [1.807, 2.05) is 6.92 Å². The number of hydrogen-bond acceptors (Lipinski definition) is 4. The van der Waals surface area contributed by atoms with Crippen molar-refractivity contribution in [2.24, 2.45) is 0 Å². The number of amides is 1. The summed E-state index contributed by atoms with van der Waals surface area (Å²) in [6, 6.07) is 4.97. The van der Waals surface area contributed by atoms with Crippen LogP contribution in [0, 0.1) is 6.92 Å². The van der Waals surface area contributed by atoms with Gasteiger partial charge in [-0.2, -0.15) is 0 Å². The van der Waals surface area contributed by atoms with Crippen LogP contribution in [0.15, 0.2) is 36.8 Å². The Hall–Kier alpha value is -2.43. The van der Waals surface area contributed by atoms with Gasteiger partial charge < -0.3 is 11.1 Å². The molecule has 2 aromatic heterocycles. The summed E-state index contributed by atoms with van der Waals surface area (Å²) in [6.07, 6.45) is 4.76. The van der Waals surface area contributed by atoms with E-state index in [1.54, 1.807) is 30.6 Å². The molecule has 0 fully saturated rings. The molecule has 0 atom stereocenters. The normalized spacial score (nSPS) is 9.94. The van der Waals surface area contributed by atoms with E-state index in [0.29, 0.717) is 11.4 Å². The Labute approximate surface area is 98.7 Å². The summed E-state index contributed by atoms with van der Waals surface area (Å²) in [4.78, 5) is 19.7. The van der Waals surface area contributed by atoms with Crippen molar-refractivity contribution in [3.63, 3.8) is 0 Å². The third-order valence-corrected chi connectivity index (χ3v) is 2.29. The summed E-state index contributed by atoms with van der Waals surface area (Å²) >= 11 is 0. The molecule has 3 N–H and O–H groups in total. The zero-order chi connectivity index (χ0) is 12.3. The molecule has 0 saturated heterocycles. The van der Waals surface area contributed by atoms with Gasteiger partial charge in [0.05, 0.1) is 11.9 Å². The lowest BCUT2D eigenvalue weighted by Crippen LogP contribution is -2.14. The maximum atomic E-state index is 11.8. The first-order valence-corrected chi connectivity index (χ1v) is 5.10. The van der Waals surface area contributed by atoms with Gasteiger partial charge in [0.1, 0.15) is 5.69 Å². The quantitative estimate of drug-likeness (QED) is 0.818. The van der Waals surface area contributed by atoms with Gasteiger partial charge in [0, 0.05) is 18.1 Å². The van der Waals surface area contributed by atoms with Gasteiger partial charge in [0.25, 0.3) is 5.91 Å². The molecule has 5 nitrogen and oxygen atoms in total. The lowest BCUT2D eigenvalue weighted by molar-refractivity contribution is 0.102. The third-order valence-electron chi connectivity index (χ3n) is 2.29. The lowest BCUT2D eigenvalue weighted by atomic mass is 10.2. The summed E-state index contributed by atoms with van der Waals surface area (Å²) in [5, 5.41) is 2.76. The number of pyridine rings is 2. The molecule has 2 heterocycles. The van der Waals surface area contributed by atoms with Crippen molar-refractivity contribution in [2.75, 3.05) is 11.1 Å². The van der Waals surface area contributed by atoms with Crippen LogP contribution in [0.3, 0.4) is 0 Å². The second-order valence-corrected chi connectivity index (χ2v) is 3.62. The molecule has 2 rings (SSSR count). The van der Waals surface area contributed by atoms with E-state index in [2.05, 4.69) is 15.3 Å². The highest BCUT2D eigenvalue weighted by Gasteiger charge is 2.08. The Kier molecular flexibility index (Phi) is 3.00. The van der Waals surface area contributed by atoms with Crippen LogP contribution in [0.2, 0.25) is 0 Å². The van der Waals surface area contributed by atoms with Gasteiger partial charge in [0.2, 0.25) is 0 Å². The topological polar surface area (TPSA) is 80.9 Å². The number of carbonyl (C=O) groups excluding carboxylic acids is 1. The number of rotatable bonds is 2. The molecule has 0 saturated carbocycles. The standard InChI is InChI=1S/C12H12N4O/c1-8-6-14-5-4-10(8)16-12(17)11-3-2-9(13)7-15-11/h2-7H,13H2,1H3,(H,14,16,17). The second-order valence-electron chi connectivity index (χ2n) is 3.62. The molecule has 0 radical (unpaired) electrons. The summed E-state index contributed by atoms with van der Waals surface area (Å²) < 4.78 is 0. The minimum Gasteiger partial charge on any atom is -0.397 e. The van der Waals surface area contributed by atoms with Crippen molar-refractivity contribution in [3.05, 3.63) is 48.0 Å². The van der Waals surface area contributed by atoms with Gasteiger partial charge in [-0.05, 0) is 30.7 Å². The van der Waals surface area contributed by atoms with Crippen LogP contribution in [-0.4, -0.2) is 15.9 Å². The lowest BCUT2D eigenvalue weighted by Gasteiger charge is -2.06. The molecule has 0 aliphatic heterocycles. The average molecular weight is 228 g/mol.